The number of carbonyl (C=O) groups excluding carboxylic acids is 3. The summed E-state index contributed by atoms with van der Waals surface area (Å²) in [5.41, 5.74) is 0. The molecule has 0 spiro atoms. The van der Waals surface area contributed by atoms with Gasteiger partial charge in [0.25, 0.3) is 0 Å². The van der Waals surface area contributed by atoms with E-state index in [1.165, 1.54) is 289 Å². The molecule has 0 saturated heterocycles. The van der Waals surface area contributed by atoms with Crippen LogP contribution in [0.15, 0.2) is 48.6 Å². The summed E-state index contributed by atoms with van der Waals surface area (Å²) in [6, 6.07) is 0. The third kappa shape index (κ3) is 68.2. The van der Waals surface area contributed by atoms with E-state index >= 15 is 0 Å². The van der Waals surface area contributed by atoms with Gasteiger partial charge in [0.05, 0.1) is 0 Å². The molecule has 1 unspecified atom stereocenters. The molecule has 0 aromatic rings. The maximum atomic E-state index is 13.0. The molecule has 0 aromatic heterocycles. The predicted molar refractivity (Wildman–Crippen MR) is 358 cm³/mol. The lowest BCUT2D eigenvalue weighted by Crippen LogP contribution is -2.30. The average Bonchev–Trinajstić information content (AvgIpc) is 3.47. The van der Waals surface area contributed by atoms with Crippen LogP contribution in [0.4, 0.5) is 0 Å². The number of esters is 3. The first kappa shape index (κ1) is 79.4. The van der Waals surface area contributed by atoms with E-state index in [4.69, 9.17) is 14.2 Å². The van der Waals surface area contributed by atoms with Crippen molar-refractivity contribution in [1.82, 2.24) is 0 Å². The fraction of sp³-hybridized carbons (Fsp3) is 0.855. The second kappa shape index (κ2) is 70.9. The maximum Gasteiger partial charge on any atom is 0.306 e. The van der Waals surface area contributed by atoms with Gasteiger partial charge in [-0.3, -0.25) is 14.4 Å². The Hall–Kier alpha value is -2.63. The van der Waals surface area contributed by atoms with E-state index in [0.717, 1.165) is 70.6 Å². The molecule has 0 aliphatic rings. The standard InChI is InChI=1S/C76H140O6/c1-4-7-10-13-16-19-22-25-28-31-33-34-35-36-37-38-39-40-41-42-44-45-48-51-54-57-60-63-66-69-75(78)81-72-73(71-80-74(77)68-65-62-59-56-53-50-47-30-27-24-21-18-15-12-9-6-3)82-76(79)70-67-64-61-58-55-52-49-46-43-32-29-26-23-20-17-14-11-8-5-2/h22,25-26,29-31,33,47,73H,4-21,23-24,27-28,32,34-46,48-72H2,1-3H3/b25-22-,29-26-,33-31-,47-30-. The van der Waals surface area contributed by atoms with E-state index in [0.29, 0.717) is 19.3 Å². The van der Waals surface area contributed by atoms with Crippen LogP contribution in [0, 0.1) is 0 Å². The van der Waals surface area contributed by atoms with E-state index in [1.807, 2.05) is 0 Å². The molecule has 0 amide bonds. The summed E-state index contributed by atoms with van der Waals surface area (Å²) in [4.78, 5) is 38.5. The summed E-state index contributed by atoms with van der Waals surface area (Å²) in [5.74, 6) is -0.855. The van der Waals surface area contributed by atoms with E-state index in [2.05, 4.69) is 69.4 Å². The highest BCUT2D eigenvalue weighted by Gasteiger charge is 2.19. The Labute approximate surface area is 511 Å². The first-order chi connectivity index (χ1) is 40.5. The van der Waals surface area contributed by atoms with Crippen molar-refractivity contribution in [1.29, 1.82) is 0 Å². The zero-order valence-electron chi connectivity index (χ0n) is 55.3. The van der Waals surface area contributed by atoms with E-state index in [9.17, 15) is 14.4 Å². The molecule has 6 nitrogen and oxygen atoms in total. The SMILES string of the molecule is CCCCCCC/C=C\C/C=C\CCCCCCCCCCCCCCCCCCCC(=O)OCC(COC(=O)CCCCCCC/C=C\CCCCCCCCC)OC(=O)CCCCCCCCCCC/C=C\CCCCCCCC. The van der Waals surface area contributed by atoms with Crippen molar-refractivity contribution in [2.75, 3.05) is 13.2 Å². The molecule has 0 bridgehead atoms. The molecule has 0 fully saturated rings. The second-order valence-corrected chi connectivity index (χ2v) is 24.8. The molecule has 0 radical (unpaired) electrons. The van der Waals surface area contributed by atoms with Crippen molar-refractivity contribution in [3.8, 4) is 0 Å². The minimum atomic E-state index is -0.777. The molecule has 0 heterocycles. The van der Waals surface area contributed by atoms with Crippen molar-refractivity contribution < 1.29 is 28.6 Å². The number of ether oxygens (including phenoxy) is 3. The van der Waals surface area contributed by atoms with Gasteiger partial charge < -0.3 is 14.2 Å². The number of rotatable bonds is 68. The van der Waals surface area contributed by atoms with Crippen molar-refractivity contribution in [3.05, 3.63) is 48.6 Å². The number of allylic oxidation sites excluding steroid dienone is 8. The van der Waals surface area contributed by atoms with Crippen molar-refractivity contribution >= 4 is 17.9 Å². The summed E-state index contributed by atoms with van der Waals surface area (Å²) in [6.45, 7) is 6.68. The minimum Gasteiger partial charge on any atom is -0.462 e. The fourth-order valence-electron chi connectivity index (χ4n) is 11.0. The number of carbonyl (C=O) groups is 3. The Morgan fingerprint density at radius 1 is 0.244 bits per heavy atom. The molecule has 0 N–H and O–H groups in total. The van der Waals surface area contributed by atoms with Gasteiger partial charge in [-0.25, -0.2) is 0 Å². The van der Waals surface area contributed by atoms with Gasteiger partial charge >= 0.3 is 17.9 Å². The van der Waals surface area contributed by atoms with Crippen molar-refractivity contribution in [3.63, 3.8) is 0 Å². The molecule has 0 aliphatic heterocycles. The Kier molecular flexibility index (Phi) is 68.6. The summed E-state index contributed by atoms with van der Waals surface area (Å²) >= 11 is 0. The zero-order chi connectivity index (χ0) is 59.2. The van der Waals surface area contributed by atoms with Gasteiger partial charge in [-0.05, 0) is 103 Å². The van der Waals surface area contributed by atoms with Crippen molar-refractivity contribution in [2.24, 2.45) is 0 Å². The monoisotopic (exact) mass is 1150 g/mol. The van der Waals surface area contributed by atoms with Crippen LogP contribution < -0.4 is 0 Å². The third-order valence-electron chi connectivity index (χ3n) is 16.5. The van der Waals surface area contributed by atoms with Crippen LogP contribution >= 0.6 is 0 Å². The first-order valence-corrected chi connectivity index (χ1v) is 36.6. The molecule has 0 rings (SSSR count). The smallest absolute Gasteiger partial charge is 0.306 e. The Morgan fingerprint density at radius 3 is 0.683 bits per heavy atom. The van der Waals surface area contributed by atoms with Crippen LogP contribution in [0.2, 0.25) is 0 Å². The topological polar surface area (TPSA) is 78.9 Å². The highest BCUT2D eigenvalue weighted by Crippen LogP contribution is 2.18. The van der Waals surface area contributed by atoms with Crippen LogP contribution in [0.1, 0.15) is 400 Å². The quantitative estimate of drug-likeness (QED) is 0.0261. The molecule has 480 valence electrons. The van der Waals surface area contributed by atoms with Crippen LogP contribution in [-0.4, -0.2) is 37.2 Å². The number of hydrogen-bond donors (Lipinski definition) is 0. The highest BCUT2D eigenvalue weighted by molar-refractivity contribution is 5.71. The normalized spacial score (nSPS) is 12.3. The molecule has 0 saturated carbocycles. The van der Waals surface area contributed by atoms with E-state index < -0.39 is 6.10 Å². The van der Waals surface area contributed by atoms with Crippen LogP contribution in [0.5, 0.6) is 0 Å². The number of unbranched alkanes of at least 4 members (excludes halogenated alkanes) is 49. The summed E-state index contributed by atoms with van der Waals surface area (Å²) in [5, 5.41) is 0. The Bertz CT molecular complexity index is 1410. The molecule has 0 aliphatic carbocycles. The van der Waals surface area contributed by atoms with Crippen LogP contribution in [0.25, 0.3) is 0 Å². The largest absolute Gasteiger partial charge is 0.462 e. The van der Waals surface area contributed by atoms with Crippen molar-refractivity contribution in [2.45, 2.75) is 406 Å². The first-order valence-electron chi connectivity index (χ1n) is 36.6. The third-order valence-corrected chi connectivity index (χ3v) is 16.5. The molecule has 82 heavy (non-hydrogen) atoms. The van der Waals surface area contributed by atoms with Gasteiger partial charge in [-0.15, -0.1) is 0 Å². The maximum absolute atomic E-state index is 13.0. The van der Waals surface area contributed by atoms with E-state index in [1.54, 1.807) is 0 Å². The molecule has 0 aromatic carbocycles. The lowest BCUT2D eigenvalue weighted by molar-refractivity contribution is -0.167. The molecular formula is C76H140O6. The van der Waals surface area contributed by atoms with Gasteiger partial charge in [-0.2, -0.15) is 0 Å². The Balaban J connectivity index is 4.24. The average molecular weight is 1150 g/mol. The Morgan fingerprint density at radius 2 is 0.439 bits per heavy atom. The van der Waals surface area contributed by atoms with E-state index in [-0.39, 0.29) is 31.1 Å². The summed E-state index contributed by atoms with van der Waals surface area (Å²) in [6.07, 6.45) is 90.0. The van der Waals surface area contributed by atoms with Crippen LogP contribution in [0.3, 0.4) is 0 Å². The minimum absolute atomic E-state index is 0.0723. The summed E-state index contributed by atoms with van der Waals surface area (Å²) in [7, 11) is 0. The molecular weight excluding hydrogens is 1010 g/mol. The van der Waals surface area contributed by atoms with Gasteiger partial charge in [0.2, 0.25) is 0 Å². The second-order valence-electron chi connectivity index (χ2n) is 24.8. The molecule has 1 atom stereocenters. The zero-order valence-corrected chi connectivity index (χ0v) is 55.3. The van der Waals surface area contributed by atoms with Gasteiger partial charge in [-0.1, -0.05) is 326 Å². The summed E-state index contributed by atoms with van der Waals surface area (Å²) < 4.78 is 17.0. The number of hydrogen-bond acceptors (Lipinski definition) is 6. The molecule has 6 heteroatoms. The van der Waals surface area contributed by atoms with Gasteiger partial charge in [0.15, 0.2) is 6.10 Å². The predicted octanol–water partition coefficient (Wildman–Crippen LogP) is 25.3. The van der Waals surface area contributed by atoms with Gasteiger partial charge in [0, 0.05) is 19.3 Å². The highest BCUT2D eigenvalue weighted by atomic mass is 16.6. The fourth-order valence-corrected chi connectivity index (χ4v) is 11.0. The lowest BCUT2D eigenvalue weighted by atomic mass is 10.0. The lowest BCUT2D eigenvalue weighted by Gasteiger charge is -2.18. The van der Waals surface area contributed by atoms with Crippen LogP contribution in [-0.2, 0) is 28.6 Å². The van der Waals surface area contributed by atoms with Gasteiger partial charge in [0.1, 0.15) is 13.2 Å².